The summed E-state index contributed by atoms with van der Waals surface area (Å²) >= 11 is 3.36. The van der Waals surface area contributed by atoms with E-state index in [0.717, 1.165) is 28.7 Å². The number of pyridine rings is 1. The van der Waals surface area contributed by atoms with Crippen LogP contribution in [0.25, 0.3) is 0 Å². The third-order valence-corrected chi connectivity index (χ3v) is 8.87. The molecule has 4 aliphatic rings. The molecule has 158 valence electrons. The van der Waals surface area contributed by atoms with Crippen molar-refractivity contribution in [2.75, 3.05) is 0 Å². The van der Waals surface area contributed by atoms with Crippen molar-refractivity contribution in [3.05, 3.63) is 40.3 Å². The van der Waals surface area contributed by atoms with Gasteiger partial charge in [-0.1, -0.05) is 26.0 Å². The second kappa shape index (κ2) is 6.84. The second-order valence-corrected chi connectivity index (χ2v) is 10.8. The van der Waals surface area contributed by atoms with Crippen molar-refractivity contribution in [3.8, 4) is 0 Å². The second-order valence-electron chi connectivity index (χ2n) is 9.98. The van der Waals surface area contributed by atoms with Crippen molar-refractivity contribution in [2.45, 2.75) is 58.9 Å². The molecule has 1 aromatic rings. The number of piperidine rings is 1. The van der Waals surface area contributed by atoms with E-state index in [0.29, 0.717) is 32.2 Å². The number of amides is 1. The van der Waals surface area contributed by atoms with Crippen LogP contribution in [-0.4, -0.2) is 27.4 Å². The van der Waals surface area contributed by atoms with E-state index >= 15 is 0 Å². The number of carbonyl (C=O) groups is 3. The summed E-state index contributed by atoms with van der Waals surface area (Å²) < 4.78 is 0.766. The molecule has 0 aromatic carbocycles. The molecule has 2 unspecified atom stereocenters. The highest BCUT2D eigenvalue weighted by atomic mass is 79.9. The number of allylic oxidation sites excluding steroid dienone is 2. The Labute approximate surface area is 185 Å². The summed E-state index contributed by atoms with van der Waals surface area (Å²) in [6.07, 6.45) is 7.79. The molecule has 1 saturated heterocycles. The lowest BCUT2D eigenvalue weighted by Gasteiger charge is -2.56. The first-order valence-electron chi connectivity index (χ1n) is 10.9. The Hall–Kier alpha value is -1.82. The zero-order valence-corrected chi connectivity index (χ0v) is 19.1. The van der Waals surface area contributed by atoms with Gasteiger partial charge < -0.3 is 4.90 Å². The Bertz CT molecular complexity index is 971. The fourth-order valence-corrected chi connectivity index (χ4v) is 7.15. The molecule has 5 rings (SSSR count). The Morgan fingerprint density at radius 1 is 1.17 bits per heavy atom. The van der Waals surface area contributed by atoms with E-state index < -0.39 is 5.41 Å². The molecule has 0 spiro atoms. The SMILES string of the molecule is CC12CCC(=O)N(Cc3ccc(Br)nc3)C1=CCC1[C@@H]2C(=O)C[C@]2(C)C(=O)CC[C@@H]12. The van der Waals surface area contributed by atoms with Crippen molar-refractivity contribution in [1.29, 1.82) is 0 Å². The van der Waals surface area contributed by atoms with Crippen LogP contribution in [-0.2, 0) is 20.9 Å². The van der Waals surface area contributed by atoms with E-state index in [1.54, 1.807) is 6.20 Å². The van der Waals surface area contributed by atoms with Gasteiger partial charge >= 0.3 is 0 Å². The van der Waals surface area contributed by atoms with E-state index in [-0.39, 0.29) is 40.6 Å². The lowest BCUT2D eigenvalue weighted by atomic mass is 9.49. The van der Waals surface area contributed by atoms with Gasteiger partial charge in [0, 0.05) is 47.9 Å². The summed E-state index contributed by atoms with van der Waals surface area (Å²) in [6, 6.07) is 3.86. The average molecular weight is 471 g/mol. The van der Waals surface area contributed by atoms with Crippen molar-refractivity contribution >= 4 is 33.4 Å². The van der Waals surface area contributed by atoms with Crippen LogP contribution in [0.15, 0.2) is 34.7 Å². The number of fused-ring (bicyclic) bond motifs is 5. The maximum atomic E-state index is 13.5. The average Bonchev–Trinajstić information content (AvgIpc) is 3.00. The lowest BCUT2D eigenvalue weighted by molar-refractivity contribution is -0.152. The molecule has 1 aliphatic heterocycles. The van der Waals surface area contributed by atoms with Crippen LogP contribution in [0.5, 0.6) is 0 Å². The molecule has 5 nitrogen and oxygen atoms in total. The quantitative estimate of drug-likeness (QED) is 0.598. The van der Waals surface area contributed by atoms with Gasteiger partial charge in [-0.2, -0.15) is 0 Å². The maximum absolute atomic E-state index is 13.5. The highest BCUT2D eigenvalue weighted by Crippen LogP contribution is 2.62. The van der Waals surface area contributed by atoms with E-state index in [9.17, 15) is 14.4 Å². The summed E-state index contributed by atoms with van der Waals surface area (Å²) in [4.78, 5) is 45.2. The molecule has 6 heteroatoms. The minimum absolute atomic E-state index is 0.0971. The molecule has 0 N–H and O–H groups in total. The number of likely N-dealkylation sites (tertiary alicyclic amines) is 1. The van der Waals surface area contributed by atoms with Crippen molar-refractivity contribution in [2.24, 2.45) is 28.6 Å². The van der Waals surface area contributed by atoms with E-state index in [4.69, 9.17) is 0 Å². The summed E-state index contributed by atoms with van der Waals surface area (Å²) in [7, 11) is 0. The third kappa shape index (κ3) is 2.79. The lowest BCUT2D eigenvalue weighted by Crippen LogP contribution is -2.57. The predicted molar refractivity (Wildman–Crippen MR) is 115 cm³/mol. The van der Waals surface area contributed by atoms with Gasteiger partial charge in [0.1, 0.15) is 16.2 Å². The van der Waals surface area contributed by atoms with Crippen LogP contribution in [0.2, 0.25) is 0 Å². The van der Waals surface area contributed by atoms with Crippen molar-refractivity contribution in [3.63, 3.8) is 0 Å². The Morgan fingerprint density at radius 3 is 2.70 bits per heavy atom. The highest BCUT2D eigenvalue weighted by molar-refractivity contribution is 9.10. The molecule has 3 fully saturated rings. The summed E-state index contributed by atoms with van der Waals surface area (Å²) in [5, 5.41) is 0. The minimum atomic E-state index is -0.479. The van der Waals surface area contributed by atoms with Crippen molar-refractivity contribution in [1.82, 2.24) is 9.88 Å². The van der Waals surface area contributed by atoms with Gasteiger partial charge in [0.2, 0.25) is 5.91 Å². The molecule has 1 amide bonds. The monoisotopic (exact) mass is 470 g/mol. The van der Waals surface area contributed by atoms with Crippen LogP contribution in [0.1, 0.15) is 57.9 Å². The maximum Gasteiger partial charge on any atom is 0.227 e. The number of Topliss-reactive ketones (excluding diaryl/α,β-unsaturated/α-hetero) is 2. The van der Waals surface area contributed by atoms with Gasteiger partial charge in [-0.25, -0.2) is 4.98 Å². The normalized spacial score (nSPS) is 38.1. The highest BCUT2D eigenvalue weighted by Gasteiger charge is 2.62. The van der Waals surface area contributed by atoms with Gasteiger partial charge in [0.25, 0.3) is 0 Å². The predicted octanol–water partition coefficient (Wildman–Crippen LogP) is 4.45. The Kier molecular flexibility index (Phi) is 4.58. The van der Waals surface area contributed by atoms with Crippen LogP contribution in [0.3, 0.4) is 0 Å². The minimum Gasteiger partial charge on any atom is -0.311 e. The zero-order valence-electron chi connectivity index (χ0n) is 17.5. The standard InChI is InChI=1S/C24H27BrN2O3/c1-23-10-9-21(30)27(13-14-3-8-20(25)26-12-14)18(23)6-4-15-16-5-7-19(29)24(16,2)11-17(28)22(15)23/h3,6,8,12,15-16,22H,4-5,7,9-11,13H2,1-2H3/t15?,16-,22+,23?,24-/m0/s1. The number of carbonyl (C=O) groups excluding carboxylic acids is 3. The molecular weight excluding hydrogens is 444 g/mol. The third-order valence-electron chi connectivity index (χ3n) is 8.41. The van der Waals surface area contributed by atoms with Gasteiger partial charge in [-0.15, -0.1) is 0 Å². The zero-order chi connectivity index (χ0) is 21.3. The molecule has 0 radical (unpaired) electrons. The summed E-state index contributed by atoms with van der Waals surface area (Å²) in [5.74, 6) is 0.999. The molecule has 30 heavy (non-hydrogen) atoms. The first kappa shape index (κ1) is 20.1. The van der Waals surface area contributed by atoms with Crippen LogP contribution < -0.4 is 0 Å². The van der Waals surface area contributed by atoms with E-state index in [1.165, 1.54) is 0 Å². The number of hydrogen-bond acceptors (Lipinski definition) is 4. The molecule has 1 aromatic heterocycles. The largest absolute Gasteiger partial charge is 0.311 e. The first-order valence-corrected chi connectivity index (χ1v) is 11.7. The number of nitrogens with zero attached hydrogens (tertiary/aromatic N) is 2. The van der Waals surface area contributed by atoms with Gasteiger partial charge in [0.05, 0.1) is 6.54 Å². The number of aromatic nitrogens is 1. The molecule has 2 saturated carbocycles. The van der Waals surface area contributed by atoms with Crippen LogP contribution >= 0.6 is 15.9 Å². The molecule has 3 aliphatic carbocycles. The Morgan fingerprint density at radius 2 is 1.97 bits per heavy atom. The van der Waals surface area contributed by atoms with Gasteiger partial charge in [-0.05, 0) is 58.7 Å². The first-order chi connectivity index (χ1) is 14.2. The molecule has 0 bridgehead atoms. The fraction of sp³-hybridized carbons (Fsp3) is 0.583. The van der Waals surface area contributed by atoms with E-state index in [1.807, 2.05) is 24.0 Å². The molecule has 2 heterocycles. The number of halogens is 1. The number of hydrogen-bond donors (Lipinski definition) is 0. The van der Waals surface area contributed by atoms with E-state index in [2.05, 4.69) is 33.9 Å². The summed E-state index contributed by atoms with van der Waals surface area (Å²) in [6.45, 7) is 4.66. The van der Waals surface area contributed by atoms with Crippen LogP contribution in [0.4, 0.5) is 0 Å². The Balaban J connectivity index is 1.52. The number of ketones is 2. The van der Waals surface area contributed by atoms with Gasteiger partial charge in [0.15, 0.2) is 0 Å². The number of rotatable bonds is 2. The van der Waals surface area contributed by atoms with Crippen molar-refractivity contribution < 1.29 is 14.4 Å². The summed E-state index contributed by atoms with van der Waals surface area (Å²) in [5.41, 5.74) is 1.16. The molecule has 5 atom stereocenters. The fourth-order valence-electron chi connectivity index (χ4n) is 6.92. The molecular formula is C24H27BrN2O3. The van der Waals surface area contributed by atoms with Gasteiger partial charge in [-0.3, -0.25) is 14.4 Å². The van der Waals surface area contributed by atoms with Crippen LogP contribution in [0, 0.1) is 28.6 Å². The topological polar surface area (TPSA) is 67.3 Å². The smallest absolute Gasteiger partial charge is 0.227 e.